The van der Waals surface area contributed by atoms with Gasteiger partial charge in [0.25, 0.3) is 5.56 Å². The van der Waals surface area contributed by atoms with E-state index in [4.69, 9.17) is 9.47 Å². The molecule has 3 aromatic carbocycles. The number of aromatic amines is 2. The standard InChI is InChI=1S/C26H20FN5O4/c27-20-7-5-14(10-22-17-3-1-2-4-18(17)24(33)32-31-22)9-19(20)15-6-8-21-23(11-15)29-25(28-21)30-26(34)36-16-12-35-13-16/h1-9,11,16H,10,12-13H2,(H,32,33)(H2,28,29,30,34). The second-order valence-electron chi connectivity index (χ2n) is 8.54. The Hall–Kier alpha value is -4.57. The predicted octanol–water partition coefficient (Wildman–Crippen LogP) is 4.14. The fourth-order valence-electron chi connectivity index (χ4n) is 4.20. The van der Waals surface area contributed by atoms with Gasteiger partial charge in [0.1, 0.15) is 5.82 Å². The molecule has 0 atom stereocenters. The van der Waals surface area contributed by atoms with Crippen LogP contribution in [0.2, 0.25) is 0 Å². The van der Waals surface area contributed by atoms with Crippen LogP contribution >= 0.6 is 0 Å². The van der Waals surface area contributed by atoms with Gasteiger partial charge in [-0.15, -0.1) is 0 Å². The van der Waals surface area contributed by atoms with Crippen LogP contribution in [0, 0.1) is 5.82 Å². The molecule has 36 heavy (non-hydrogen) atoms. The van der Waals surface area contributed by atoms with Crippen LogP contribution in [0.15, 0.2) is 65.5 Å². The molecule has 0 saturated carbocycles. The van der Waals surface area contributed by atoms with Crippen LogP contribution in [0.5, 0.6) is 0 Å². The van der Waals surface area contributed by atoms with Crippen molar-refractivity contribution in [1.29, 1.82) is 0 Å². The summed E-state index contributed by atoms with van der Waals surface area (Å²) in [5, 5.41) is 10.6. The van der Waals surface area contributed by atoms with E-state index in [1.165, 1.54) is 6.07 Å². The fraction of sp³-hybridized carbons (Fsp3) is 0.154. The van der Waals surface area contributed by atoms with Gasteiger partial charge < -0.3 is 14.5 Å². The van der Waals surface area contributed by atoms with Gasteiger partial charge in [-0.3, -0.25) is 10.1 Å². The molecule has 2 aromatic heterocycles. The van der Waals surface area contributed by atoms with E-state index < -0.39 is 6.09 Å². The molecule has 9 nitrogen and oxygen atoms in total. The fourth-order valence-corrected chi connectivity index (χ4v) is 4.20. The molecule has 1 amide bonds. The number of hydrogen-bond acceptors (Lipinski definition) is 6. The molecule has 10 heteroatoms. The second-order valence-corrected chi connectivity index (χ2v) is 8.54. The van der Waals surface area contributed by atoms with E-state index in [1.807, 2.05) is 12.1 Å². The normalized spacial score (nSPS) is 13.6. The van der Waals surface area contributed by atoms with Gasteiger partial charge in [0.2, 0.25) is 5.95 Å². The maximum absolute atomic E-state index is 14.9. The van der Waals surface area contributed by atoms with E-state index in [9.17, 15) is 14.0 Å². The molecule has 6 rings (SSSR count). The van der Waals surface area contributed by atoms with Crippen LogP contribution in [-0.4, -0.2) is 45.6 Å². The molecule has 5 aromatic rings. The first-order valence-electron chi connectivity index (χ1n) is 11.3. The number of ether oxygens (including phenoxy) is 2. The van der Waals surface area contributed by atoms with Crippen molar-refractivity contribution in [2.24, 2.45) is 0 Å². The van der Waals surface area contributed by atoms with Crippen molar-refractivity contribution in [1.82, 2.24) is 20.2 Å². The van der Waals surface area contributed by atoms with Crippen LogP contribution in [0.3, 0.4) is 0 Å². The molecule has 1 fully saturated rings. The predicted molar refractivity (Wildman–Crippen MR) is 131 cm³/mol. The molecule has 1 aliphatic rings. The van der Waals surface area contributed by atoms with Gasteiger partial charge in [-0.05, 0) is 41.5 Å². The Morgan fingerprint density at radius 1 is 1.11 bits per heavy atom. The number of rotatable bonds is 5. The molecule has 0 bridgehead atoms. The molecule has 3 heterocycles. The lowest BCUT2D eigenvalue weighted by molar-refractivity contribution is -0.0951. The van der Waals surface area contributed by atoms with E-state index in [0.29, 0.717) is 52.9 Å². The molecular weight excluding hydrogens is 465 g/mol. The minimum atomic E-state index is -0.621. The number of nitrogens with one attached hydrogen (secondary N) is 3. The maximum atomic E-state index is 14.9. The van der Waals surface area contributed by atoms with Gasteiger partial charge in [-0.25, -0.2) is 19.3 Å². The SMILES string of the molecule is O=C(Nc1nc2ccc(-c3cc(Cc4n[nH]c(=O)c5ccccc45)ccc3F)cc2[nH]1)OC1COC1. The number of amides is 1. The number of halogens is 1. The number of carbonyl (C=O) groups is 1. The van der Waals surface area contributed by atoms with E-state index in [2.05, 4.69) is 25.5 Å². The first-order valence-corrected chi connectivity index (χ1v) is 11.3. The number of carbonyl (C=O) groups excluding carboxylic acids is 1. The smallest absolute Gasteiger partial charge is 0.414 e. The van der Waals surface area contributed by atoms with Crippen molar-refractivity contribution < 1.29 is 18.7 Å². The summed E-state index contributed by atoms with van der Waals surface area (Å²) in [6, 6.07) is 17.4. The molecule has 0 aliphatic carbocycles. The van der Waals surface area contributed by atoms with Crippen molar-refractivity contribution in [3.8, 4) is 11.1 Å². The summed E-state index contributed by atoms with van der Waals surface area (Å²) in [4.78, 5) is 31.4. The Morgan fingerprint density at radius 3 is 2.75 bits per heavy atom. The molecule has 0 unspecified atom stereocenters. The average molecular weight is 485 g/mol. The number of benzene rings is 3. The second kappa shape index (κ2) is 8.90. The summed E-state index contributed by atoms with van der Waals surface area (Å²) in [6.07, 6.45) is -0.454. The van der Waals surface area contributed by atoms with Crippen LogP contribution in [0.1, 0.15) is 11.3 Å². The molecule has 3 N–H and O–H groups in total. The Bertz CT molecular complexity index is 1670. The van der Waals surface area contributed by atoms with E-state index in [-0.39, 0.29) is 23.4 Å². The third-order valence-electron chi connectivity index (χ3n) is 6.07. The van der Waals surface area contributed by atoms with Crippen LogP contribution in [-0.2, 0) is 15.9 Å². The summed E-state index contributed by atoms with van der Waals surface area (Å²) in [7, 11) is 0. The largest absolute Gasteiger partial charge is 0.441 e. The monoisotopic (exact) mass is 485 g/mol. The van der Waals surface area contributed by atoms with E-state index in [0.717, 1.165) is 10.9 Å². The van der Waals surface area contributed by atoms with Gasteiger partial charge in [-0.1, -0.05) is 30.3 Å². The summed E-state index contributed by atoms with van der Waals surface area (Å²) in [5.74, 6) is -0.140. The van der Waals surface area contributed by atoms with Gasteiger partial charge in [-0.2, -0.15) is 5.10 Å². The van der Waals surface area contributed by atoms with Crippen molar-refractivity contribution in [3.63, 3.8) is 0 Å². The van der Waals surface area contributed by atoms with Crippen molar-refractivity contribution >= 4 is 33.8 Å². The van der Waals surface area contributed by atoms with Crippen LogP contribution < -0.4 is 10.9 Å². The lowest BCUT2D eigenvalue weighted by Crippen LogP contribution is -2.39. The van der Waals surface area contributed by atoms with Crippen LogP contribution in [0.4, 0.5) is 15.1 Å². The van der Waals surface area contributed by atoms with Crippen molar-refractivity contribution in [2.75, 3.05) is 18.5 Å². The number of nitrogens with zero attached hydrogens (tertiary/aromatic N) is 2. The number of anilines is 1. The lowest BCUT2D eigenvalue weighted by atomic mass is 9.98. The zero-order valence-corrected chi connectivity index (χ0v) is 18.9. The highest BCUT2D eigenvalue weighted by Crippen LogP contribution is 2.28. The van der Waals surface area contributed by atoms with Crippen LogP contribution in [0.25, 0.3) is 32.9 Å². The number of hydrogen-bond donors (Lipinski definition) is 3. The van der Waals surface area contributed by atoms with Gasteiger partial charge in [0.15, 0.2) is 6.10 Å². The highest BCUT2D eigenvalue weighted by molar-refractivity contribution is 5.88. The lowest BCUT2D eigenvalue weighted by Gasteiger charge is -2.25. The van der Waals surface area contributed by atoms with Crippen molar-refractivity contribution in [3.05, 3.63) is 88.1 Å². The van der Waals surface area contributed by atoms with E-state index >= 15 is 0 Å². The topological polar surface area (TPSA) is 122 Å². The summed E-state index contributed by atoms with van der Waals surface area (Å²) >= 11 is 0. The Labute approximate surface area is 203 Å². The average Bonchev–Trinajstić information content (AvgIpc) is 3.26. The molecule has 1 aliphatic heterocycles. The third-order valence-corrected chi connectivity index (χ3v) is 6.07. The highest BCUT2D eigenvalue weighted by Gasteiger charge is 2.23. The minimum absolute atomic E-state index is 0.234. The molecule has 180 valence electrons. The molecule has 0 spiro atoms. The Kier molecular flexibility index (Phi) is 5.42. The number of H-pyrrole nitrogens is 2. The quantitative estimate of drug-likeness (QED) is 0.344. The highest BCUT2D eigenvalue weighted by atomic mass is 19.1. The summed E-state index contributed by atoms with van der Waals surface area (Å²) in [6.45, 7) is 0.770. The zero-order valence-electron chi connectivity index (χ0n) is 18.9. The number of imidazole rings is 1. The van der Waals surface area contributed by atoms with Gasteiger partial charge in [0, 0.05) is 17.4 Å². The first kappa shape index (κ1) is 21.9. The molecule has 0 radical (unpaired) electrons. The Balaban J connectivity index is 1.28. The Morgan fingerprint density at radius 2 is 1.94 bits per heavy atom. The van der Waals surface area contributed by atoms with E-state index in [1.54, 1.807) is 42.5 Å². The zero-order chi connectivity index (χ0) is 24.6. The molecule has 1 saturated heterocycles. The van der Waals surface area contributed by atoms with Gasteiger partial charge in [0.05, 0.1) is 35.3 Å². The van der Waals surface area contributed by atoms with Gasteiger partial charge >= 0.3 is 6.09 Å². The third kappa shape index (κ3) is 4.18. The first-order chi connectivity index (χ1) is 17.5. The number of aromatic nitrogens is 4. The van der Waals surface area contributed by atoms with Crippen molar-refractivity contribution in [2.45, 2.75) is 12.5 Å². The molecular formula is C26H20FN5O4. The maximum Gasteiger partial charge on any atom is 0.414 e. The number of fused-ring (bicyclic) bond motifs is 2. The minimum Gasteiger partial charge on any atom is -0.441 e. The summed E-state index contributed by atoms with van der Waals surface area (Å²) < 4.78 is 25.0. The summed E-state index contributed by atoms with van der Waals surface area (Å²) in [5.41, 5.74) is 3.59.